The van der Waals surface area contributed by atoms with Crippen molar-refractivity contribution in [1.29, 1.82) is 5.26 Å². The van der Waals surface area contributed by atoms with E-state index in [0.29, 0.717) is 39.8 Å². The fourth-order valence-corrected chi connectivity index (χ4v) is 3.18. The van der Waals surface area contributed by atoms with Crippen molar-refractivity contribution >= 4 is 28.9 Å². The van der Waals surface area contributed by atoms with Crippen molar-refractivity contribution in [2.24, 2.45) is 0 Å². The van der Waals surface area contributed by atoms with Gasteiger partial charge in [-0.2, -0.15) is 5.26 Å². The summed E-state index contributed by atoms with van der Waals surface area (Å²) in [5.74, 6) is 1.01. The molecule has 31 heavy (non-hydrogen) atoms. The lowest BCUT2D eigenvalue weighted by Gasteiger charge is -2.13. The topological polar surface area (TPSA) is 85.4 Å². The fraction of sp³-hybridized carbons (Fsp3) is 0.125. The van der Waals surface area contributed by atoms with Crippen LogP contribution in [0.1, 0.15) is 23.6 Å². The second kappa shape index (κ2) is 10.3. The molecule has 0 unspecified atom stereocenters. The lowest BCUT2D eigenvalue weighted by molar-refractivity contribution is -0.384. The van der Waals surface area contributed by atoms with Crippen LogP contribution in [0.25, 0.3) is 11.6 Å². The zero-order valence-corrected chi connectivity index (χ0v) is 17.5. The summed E-state index contributed by atoms with van der Waals surface area (Å²) in [4.78, 5) is 10.5. The standard InChI is InChI=1S/C24H19ClN2O4/c1-2-30-24-14-17(12-19(15-26)21-8-3-4-9-22(21)25)10-11-23(24)31-16-18-6-5-7-20(13-18)27(28)29/h3-14H,2,16H2,1H3. The molecule has 6 nitrogen and oxygen atoms in total. The van der Waals surface area contributed by atoms with Crippen LogP contribution < -0.4 is 9.47 Å². The number of hydrogen-bond acceptors (Lipinski definition) is 5. The molecule has 156 valence electrons. The Balaban J connectivity index is 1.86. The molecule has 0 N–H and O–H groups in total. The second-order valence-electron chi connectivity index (χ2n) is 6.50. The minimum absolute atomic E-state index is 0.00947. The van der Waals surface area contributed by atoms with Crippen LogP contribution in [0, 0.1) is 21.4 Å². The lowest BCUT2D eigenvalue weighted by Crippen LogP contribution is -2.00. The lowest BCUT2D eigenvalue weighted by atomic mass is 10.0. The Labute approximate surface area is 185 Å². The number of nitro groups is 1. The van der Waals surface area contributed by atoms with E-state index in [4.69, 9.17) is 21.1 Å². The van der Waals surface area contributed by atoms with Crippen LogP contribution in [-0.2, 0) is 6.61 Å². The number of nitro benzene ring substituents is 1. The van der Waals surface area contributed by atoms with E-state index in [9.17, 15) is 15.4 Å². The zero-order chi connectivity index (χ0) is 22.2. The first kappa shape index (κ1) is 21.9. The highest BCUT2D eigenvalue weighted by Gasteiger charge is 2.11. The van der Waals surface area contributed by atoms with E-state index in [-0.39, 0.29) is 12.3 Å². The summed E-state index contributed by atoms with van der Waals surface area (Å²) in [5.41, 5.74) is 2.51. The van der Waals surface area contributed by atoms with Crippen molar-refractivity contribution in [2.45, 2.75) is 13.5 Å². The Kier molecular flexibility index (Phi) is 7.26. The molecular weight excluding hydrogens is 416 g/mol. The molecule has 3 rings (SSSR count). The Hall–Kier alpha value is -3.82. The van der Waals surface area contributed by atoms with Gasteiger partial charge in [0.1, 0.15) is 6.61 Å². The average Bonchev–Trinajstić information content (AvgIpc) is 2.78. The van der Waals surface area contributed by atoms with Crippen molar-refractivity contribution < 1.29 is 14.4 Å². The first-order chi connectivity index (χ1) is 15.0. The van der Waals surface area contributed by atoms with Gasteiger partial charge in [0.15, 0.2) is 11.5 Å². The molecule has 0 aliphatic carbocycles. The SMILES string of the molecule is CCOc1cc(C=C(C#N)c2ccccc2Cl)ccc1OCc1cccc([N+](=O)[O-])c1. The highest BCUT2D eigenvalue weighted by molar-refractivity contribution is 6.32. The van der Waals surface area contributed by atoms with Gasteiger partial charge in [0, 0.05) is 22.7 Å². The van der Waals surface area contributed by atoms with Crippen molar-refractivity contribution in [2.75, 3.05) is 6.61 Å². The zero-order valence-electron chi connectivity index (χ0n) is 16.7. The minimum Gasteiger partial charge on any atom is -0.490 e. The molecule has 0 aliphatic rings. The molecule has 0 aromatic heterocycles. The number of benzene rings is 3. The molecule has 0 saturated carbocycles. The van der Waals surface area contributed by atoms with Gasteiger partial charge in [0.2, 0.25) is 0 Å². The van der Waals surface area contributed by atoms with E-state index in [0.717, 1.165) is 5.56 Å². The van der Waals surface area contributed by atoms with Crippen molar-refractivity contribution in [3.8, 4) is 17.6 Å². The Morgan fingerprint density at radius 1 is 1.10 bits per heavy atom. The van der Waals surface area contributed by atoms with Crippen LogP contribution in [0.4, 0.5) is 5.69 Å². The summed E-state index contributed by atoms with van der Waals surface area (Å²) >= 11 is 6.22. The van der Waals surface area contributed by atoms with Crippen LogP contribution in [0.5, 0.6) is 11.5 Å². The molecule has 0 bridgehead atoms. The Bertz CT molecular complexity index is 1170. The molecule has 3 aromatic rings. The molecule has 0 amide bonds. The molecule has 0 radical (unpaired) electrons. The van der Waals surface area contributed by atoms with Gasteiger partial charge in [0.25, 0.3) is 5.69 Å². The summed E-state index contributed by atoms with van der Waals surface area (Å²) in [7, 11) is 0. The maximum absolute atomic E-state index is 10.9. The van der Waals surface area contributed by atoms with Crippen LogP contribution in [-0.4, -0.2) is 11.5 Å². The van der Waals surface area contributed by atoms with Gasteiger partial charge >= 0.3 is 0 Å². The van der Waals surface area contributed by atoms with Crippen molar-refractivity contribution in [3.05, 3.63) is 98.6 Å². The molecule has 0 aliphatic heterocycles. The van der Waals surface area contributed by atoms with E-state index in [1.807, 2.05) is 19.1 Å². The number of nitriles is 1. The number of ether oxygens (including phenoxy) is 2. The van der Waals surface area contributed by atoms with Crippen LogP contribution in [0.15, 0.2) is 66.7 Å². The molecule has 3 aromatic carbocycles. The van der Waals surface area contributed by atoms with E-state index in [2.05, 4.69) is 6.07 Å². The first-order valence-electron chi connectivity index (χ1n) is 9.51. The average molecular weight is 435 g/mol. The first-order valence-corrected chi connectivity index (χ1v) is 9.89. The van der Waals surface area contributed by atoms with E-state index in [1.165, 1.54) is 12.1 Å². The summed E-state index contributed by atoms with van der Waals surface area (Å²) < 4.78 is 11.5. The monoisotopic (exact) mass is 434 g/mol. The molecule has 0 fully saturated rings. The summed E-state index contributed by atoms with van der Waals surface area (Å²) in [6, 6.07) is 20.9. The third kappa shape index (κ3) is 5.62. The minimum atomic E-state index is -0.442. The summed E-state index contributed by atoms with van der Waals surface area (Å²) in [6.45, 7) is 2.44. The van der Waals surface area contributed by atoms with Gasteiger partial charge in [-0.15, -0.1) is 0 Å². The number of rotatable bonds is 8. The second-order valence-corrected chi connectivity index (χ2v) is 6.91. The number of hydrogen-bond donors (Lipinski definition) is 0. The fourth-order valence-electron chi connectivity index (χ4n) is 2.94. The predicted molar refractivity (Wildman–Crippen MR) is 120 cm³/mol. The molecule has 0 spiro atoms. The number of nitrogens with zero attached hydrogens (tertiary/aromatic N) is 2. The predicted octanol–water partition coefficient (Wildman–Crippen LogP) is 6.29. The smallest absolute Gasteiger partial charge is 0.269 e. The maximum atomic E-state index is 10.9. The third-order valence-corrected chi connectivity index (χ3v) is 4.71. The van der Waals surface area contributed by atoms with Crippen LogP contribution in [0.2, 0.25) is 5.02 Å². The third-order valence-electron chi connectivity index (χ3n) is 4.38. The van der Waals surface area contributed by atoms with Gasteiger partial charge in [-0.3, -0.25) is 10.1 Å². The highest BCUT2D eigenvalue weighted by Crippen LogP contribution is 2.32. The van der Waals surface area contributed by atoms with Crippen molar-refractivity contribution in [1.82, 2.24) is 0 Å². The quantitative estimate of drug-likeness (QED) is 0.180. The van der Waals surface area contributed by atoms with Crippen molar-refractivity contribution in [3.63, 3.8) is 0 Å². The van der Waals surface area contributed by atoms with E-state index < -0.39 is 4.92 Å². The Morgan fingerprint density at radius 2 is 1.90 bits per heavy atom. The molecular formula is C24H19ClN2O4. The number of non-ortho nitro benzene ring substituents is 1. The van der Waals surface area contributed by atoms with Gasteiger partial charge < -0.3 is 9.47 Å². The molecule has 7 heteroatoms. The van der Waals surface area contributed by atoms with Gasteiger partial charge in [-0.25, -0.2) is 0 Å². The highest BCUT2D eigenvalue weighted by atomic mass is 35.5. The van der Waals surface area contributed by atoms with Gasteiger partial charge in [-0.05, 0) is 42.3 Å². The molecule has 0 saturated heterocycles. The van der Waals surface area contributed by atoms with E-state index >= 15 is 0 Å². The van der Waals surface area contributed by atoms with Crippen LogP contribution >= 0.6 is 11.6 Å². The number of allylic oxidation sites excluding steroid dienone is 1. The normalized spacial score (nSPS) is 10.9. The molecule has 0 atom stereocenters. The maximum Gasteiger partial charge on any atom is 0.269 e. The van der Waals surface area contributed by atoms with Crippen LogP contribution in [0.3, 0.4) is 0 Å². The largest absolute Gasteiger partial charge is 0.490 e. The molecule has 0 heterocycles. The van der Waals surface area contributed by atoms with Gasteiger partial charge in [0.05, 0.1) is 23.2 Å². The van der Waals surface area contributed by atoms with E-state index in [1.54, 1.807) is 48.5 Å². The number of halogens is 1. The Morgan fingerprint density at radius 3 is 2.61 bits per heavy atom. The summed E-state index contributed by atoms with van der Waals surface area (Å²) in [5, 5.41) is 21.0. The summed E-state index contributed by atoms with van der Waals surface area (Å²) in [6.07, 6.45) is 1.73. The van der Waals surface area contributed by atoms with Gasteiger partial charge in [-0.1, -0.05) is 48.0 Å².